The Morgan fingerprint density at radius 3 is 2.21 bits per heavy atom. The zero-order chi connectivity index (χ0) is 41.2. The summed E-state index contributed by atoms with van der Waals surface area (Å²) >= 11 is 0. The smallest absolute Gasteiger partial charge is 0.320 e. The highest BCUT2D eigenvalue weighted by molar-refractivity contribution is 5.91. The van der Waals surface area contributed by atoms with Gasteiger partial charge in [-0.15, -0.1) is 0 Å². The quantitative estimate of drug-likeness (QED) is 0.0333. The molecule has 1 aromatic heterocycles. The van der Waals surface area contributed by atoms with Crippen molar-refractivity contribution in [2.75, 3.05) is 13.2 Å². The monoisotopic (exact) mass is 796 g/mol. The number of guanidine groups is 1. The van der Waals surface area contributed by atoms with Crippen LogP contribution in [0, 0.1) is 0 Å². The Bertz CT molecular complexity index is 1970. The molecule has 2 aliphatic heterocycles. The van der Waals surface area contributed by atoms with Crippen molar-refractivity contribution in [3.63, 3.8) is 0 Å². The van der Waals surface area contributed by atoms with E-state index < -0.39 is 137 Å². The number of benzene rings is 2. The number of hydrogen-bond acceptors (Lipinski definition) is 19. The Morgan fingerprint density at radius 2 is 1.55 bits per heavy atom. The summed E-state index contributed by atoms with van der Waals surface area (Å²) in [7, 11) is 0. The number of carboxylic acid groups (broad SMARTS) is 1. The van der Waals surface area contributed by atoms with Crippen LogP contribution in [0.15, 0.2) is 38.5 Å². The van der Waals surface area contributed by atoms with Crippen molar-refractivity contribution < 1.29 is 84.3 Å². The highest BCUT2D eigenvalue weighted by Gasteiger charge is 2.48. The fraction of sp³-hybridized carbons (Fsp3) is 0.500. The van der Waals surface area contributed by atoms with Crippen LogP contribution in [0.2, 0.25) is 0 Å². The van der Waals surface area contributed by atoms with Crippen molar-refractivity contribution >= 4 is 22.9 Å². The van der Waals surface area contributed by atoms with Gasteiger partial charge in [-0.05, 0) is 38.0 Å². The van der Waals surface area contributed by atoms with Gasteiger partial charge in [0.1, 0.15) is 65.7 Å². The second-order valence-corrected chi connectivity index (χ2v) is 13.3. The van der Waals surface area contributed by atoms with Gasteiger partial charge >= 0.3 is 5.97 Å². The first-order valence-corrected chi connectivity index (χ1v) is 17.2. The van der Waals surface area contributed by atoms with Crippen LogP contribution in [0.5, 0.6) is 28.7 Å². The standard InChI is InChI=1S/C34H44N4O18/c1-11-21(43)24(46)26(48)32(53-11)52-10-19-22(44)25(47)27(49)33(54-19)56-30-23(45)20-18(42)8-16(40)13(9-38-14(31(50)51)3-2-6-37-34(35)36)29(20)55-28(30)12-4-5-15(39)17(41)7-12/h4-5,7-8,11,14,19,21-22,24-27,32-33,38-44,46-49H,2-3,6,9-10H2,1H3,(H,50,51)(H4,35,36,37). The van der Waals surface area contributed by atoms with Crippen LogP contribution in [-0.2, 0) is 25.5 Å². The van der Waals surface area contributed by atoms with Crippen molar-refractivity contribution in [2.24, 2.45) is 16.5 Å². The van der Waals surface area contributed by atoms with Crippen LogP contribution in [-0.4, -0.2) is 149 Å². The molecule has 22 nitrogen and oxygen atoms in total. The minimum absolute atomic E-state index is 0.0254. The van der Waals surface area contributed by atoms with Crippen LogP contribution in [0.1, 0.15) is 25.3 Å². The van der Waals surface area contributed by atoms with Crippen molar-refractivity contribution in [2.45, 2.75) is 93.8 Å². The molecule has 0 radical (unpaired) electrons. The summed E-state index contributed by atoms with van der Waals surface area (Å²) in [6.07, 6.45) is -16.6. The first-order chi connectivity index (χ1) is 26.4. The summed E-state index contributed by atoms with van der Waals surface area (Å²) in [5, 5.41) is 117. The van der Waals surface area contributed by atoms with Gasteiger partial charge in [-0.3, -0.25) is 14.6 Å². The molecule has 22 heteroatoms. The zero-order valence-corrected chi connectivity index (χ0v) is 29.6. The number of aliphatic hydroxyl groups is 6. The molecule has 11 unspecified atom stereocenters. The average molecular weight is 797 g/mol. The third-order valence-corrected chi connectivity index (χ3v) is 9.33. The summed E-state index contributed by atoms with van der Waals surface area (Å²) < 4.78 is 28.4. The van der Waals surface area contributed by atoms with E-state index in [0.29, 0.717) is 0 Å². The normalized spacial score (nSPS) is 28.5. The molecule has 5 rings (SSSR count). The molecule has 2 saturated heterocycles. The topological polar surface area (TPSA) is 383 Å². The van der Waals surface area contributed by atoms with Gasteiger partial charge in [0.25, 0.3) is 0 Å². The van der Waals surface area contributed by atoms with E-state index in [1.54, 1.807) is 0 Å². The van der Waals surface area contributed by atoms with Gasteiger partial charge in [0.2, 0.25) is 17.5 Å². The van der Waals surface area contributed by atoms with E-state index in [1.165, 1.54) is 13.0 Å². The molecule has 0 bridgehead atoms. The van der Waals surface area contributed by atoms with E-state index in [2.05, 4.69) is 10.3 Å². The minimum atomic E-state index is -2.07. The lowest BCUT2D eigenvalue weighted by Crippen LogP contribution is -2.61. The molecular formula is C34H44N4O18. The molecule has 2 aliphatic rings. The van der Waals surface area contributed by atoms with E-state index >= 15 is 0 Å². The largest absolute Gasteiger partial charge is 0.507 e. The summed E-state index contributed by atoms with van der Waals surface area (Å²) in [5.41, 5.74) is 8.64. The number of carbonyl (C=O) groups is 1. The number of aromatic hydroxyl groups is 4. The highest BCUT2D eigenvalue weighted by atomic mass is 16.7. The average Bonchev–Trinajstić information content (AvgIpc) is 3.14. The van der Waals surface area contributed by atoms with Crippen LogP contribution < -0.4 is 26.9 Å². The van der Waals surface area contributed by atoms with Gasteiger partial charge in [0, 0.05) is 24.7 Å². The molecule has 3 aromatic rings. The molecule has 16 N–H and O–H groups in total. The van der Waals surface area contributed by atoms with Gasteiger partial charge in [0.15, 0.2) is 35.1 Å². The van der Waals surface area contributed by atoms with Crippen molar-refractivity contribution in [1.29, 1.82) is 0 Å². The molecule has 0 aliphatic carbocycles. The predicted molar refractivity (Wildman–Crippen MR) is 188 cm³/mol. The number of rotatable bonds is 14. The molecule has 11 atom stereocenters. The SMILES string of the molecule is CC1OC(OCC2OC(Oc3c(-c4ccc(O)c(O)c4)oc4c(CNC(CCCN=C(N)N)C(=O)O)c(O)cc(O)c4c3=O)C(O)C(O)C2O)C(O)C(O)C1O. The Kier molecular flexibility index (Phi) is 13.1. The Morgan fingerprint density at radius 1 is 0.875 bits per heavy atom. The van der Waals surface area contributed by atoms with Gasteiger partial charge < -0.3 is 96.3 Å². The van der Waals surface area contributed by atoms with Gasteiger partial charge in [-0.1, -0.05) is 0 Å². The minimum Gasteiger partial charge on any atom is -0.507 e. The van der Waals surface area contributed by atoms with Crippen LogP contribution >= 0.6 is 0 Å². The van der Waals surface area contributed by atoms with Crippen LogP contribution in [0.4, 0.5) is 0 Å². The third kappa shape index (κ3) is 8.84. The summed E-state index contributed by atoms with van der Waals surface area (Å²) in [5.74, 6) is -5.53. The van der Waals surface area contributed by atoms with E-state index in [4.69, 9.17) is 34.8 Å². The Labute approximate surface area is 316 Å². The maximum absolute atomic E-state index is 14.3. The number of aliphatic carboxylic acids is 1. The van der Waals surface area contributed by atoms with Crippen LogP contribution in [0.25, 0.3) is 22.3 Å². The van der Waals surface area contributed by atoms with E-state index in [1.807, 2.05) is 0 Å². The van der Waals surface area contributed by atoms with E-state index in [9.17, 15) is 65.8 Å². The van der Waals surface area contributed by atoms with Gasteiger partial charge in [-0.25, -0.2) is 0 Å². The van der Waals surface area contributed by atoms with E-state index in [0.717, 1.165) is 18.2 Å². The number of aliphatic imine (C=N–C) groups is 1. The molecule has 3 heterocycles. The zero-order valence-electron chi connectivity index (χ0n) is 29.6. The molecule has 0 spiro atoms. The number of carboxylic acids is 1. The lowest BCUT2D eigenvalue weighted by Gasteiger charge is -2.42. The van der Waals surface area contributed by atoms with Gasteiger partial charge in [0.05, 0.1) is 18.3 Å². The number of phenolic OH excluding ortho intramolecular Hbond substituents is 4. The molecule has 2 aromatic carbocycles. The van der Waals surface area contributed by atoms with Crippen molar-refractivity contribution in [1.82, 2.24) is 5.32 Å². The predicted octanol–water partition coefficient (Wildman–Crippen LogP) is -3.09. The lowest BCUT2D eigenvalue weighted by atomic mass is 9.98. The number of nitrogens with two attached hydrogens (primary N) is 2. The first-order valence-electron chi connectivity index (χ1n) is 17.2. The lowest BCUT2D eigenvalue weighted by molar-refractivity contribution is -0.318. The highest BCUT2D eigenvalue weighted by Crippen LogP contribution is 2.41. The van der Waals surface area contributed by atoms with Crippen LogP contribution in [0.3, 0.4) is 0 Å². The maximum Gasteiger partial charge on any atom is 0.320 e. The van der Waals surface area contributed by atoms with Gasteiger partial charge in [-0.2, -0.15) is 0 Å². The summed E-state index contributed by atoms with van der Waals surface area (Å²) in [4.78, 5) is 30.1. The molecule has 2 fully saturated rings. The van der Waals surface area contributed by atoms with E-state index in [-0.39, 0.29) is 36.5 Å². The fourth-order valence-corrected chi connectivity index (χ4v) is 6.15. The summed E-state index contributed by atoms with van der Waals surface area (Å²) in [6.45, 7) is 0.402. The molecule has 0 saturated carbocycles. The summed E-state index contributed by atoms with van der Waals surface area (Å²) in [6, 6.07) is 2.74. The third-order valence-electron chi connectivity index (χ3n) is 9.33. The number of nitrogens with one attached hydrogen (secondary N) is 1. The Balaban J connectivity index is 1.51. The second kappa shape index (κ2) is 17.4. The molecular weight excluding hydrogens is 752 g/mol. The van der Waals surface area contributed by atoms with Crippen molar-refractivity contribution in [3.05, 3.63) is 40.1 Å². The molecule has 0 amide bonds. The Hall–Kier alpha value is -5.01. The maximum atomic E-state index is 14.3. The molecule has 56 heavy (non-hydrogen) atoms. The first kappa shape index (κ1) is 42.1. The number of aliphatic hydroxyl groups excluding tert-OH is 6. The number of hydrogen-bond donors (Lipinski definition) is 14. The number of phenols is 4. The number of nitrogens with zero attached hydrogens (tertiary/aromatic N) is 1. The number of ether oxygens (including phenoxy) is 4. The van der Waals surface area contributed by atoms with Crippen molar-refractivity contribution in [3.8, 4) is 40.1 Å². The number of fused-ring (bicyclic) bond motifs is 1. The molecule has 308 valence electrons. The second-order valence-electron chi connectivity index (χ2n) is 13.3. The fourth-order valence-electron chi connectivity index (χ4n) is 6.15.